The lowest BCUT2D eigenvalue weighted by Gasteiger charge is -2.41. The maximum absolute atomic E-state index is 9.76. The van der Waals surface area contributed by atoms with Crippen molar-refractivity contribution in [2.24, 2.45) is 0 Å². The summed E-state index contributed by atoms with van der Waals surface area (Å²) >= 11 is 0. The largest absolute Gasteiger partial charge is 0.388 e. The van der Waals surface area contributed by atoms with Crippen LogP contribution in [0.25, 0.3) is 0 Å². The van der Waals surface area contributed by atoms with Crippen LogP contribution in [0.4, 0.5) is 0 Å². The van der Waals surface area contributed by atoms with Crippen LogP contribution in [0.5, 0.6) is 0 Å². The fourth-order valence-electron chi connectivity index (χ4n) is 1.95. The Morgan fingerprint density at radius 3 is 1.56 bits per heavy atom. The van der Waals surface area contributed by atoms with Crippen LogP contribution in [0.2, 0.25) is 0 Å². The average Bonchev–Trinajstić information content (AvgIpc) is 2.25. The molecule has 2 N–H and O–H groups in total. The molecule has 0 bridgehead atoms. The lowest BCUT2D eigenvalue weighted by molar-refractivity contribution is -0.320. The molecule has 6 atom stereocenters. The van der Waals surface area contributed by atoms with Gasteiger partial charge in [0, 0.05) is 0 Å². The highest BCUT2D eigenvalue weighted by molar-refractivity contribution is 4.87. The Labute approximate surface area is 94.1 Å². The Bertz CT molecular complexity index is 211. The summed E-state index contributed by atoms with van der Waals surface area (Å²) in [4.78, 5) is 0. The Kier molecular flexibility index (Phi) is 3.78. The van der Waals surface area contributed by atoms with Crippen molar-refractivity contribution in [3.63, 3.8) is 0 Å². The Hall–Kier alpha value is -0.240. The van der Waals surface area contributed by atoms with Crippen LogP contribution in [0, 0.1) is 0 Å². The van der Waals surface area contributed by atoms with Gasteiger partial charge >= 0.3 is 0 Å². The third kappa shape index (κ3) is 2.53. The van der Waals surface area contributed by atoms with Gasteiger partial charge in [-0.15, -0.1) is 0 Å². The van der Waals surface area contributed by atoms with Crippen LogP contribution in [0.1, 0.15) is 13.8 Å². The average molecular weight is 234 g/mol. The lowest BCUT2D eigenvalue weighted by Crippen LogP contribution is -2.57. The fourth-order valence-corrected chi connectivity index (χ4v) is 1.95. The first kappa shape index (κ1) is 12.2. The van der Waals surface area contributed by atoms with E-state index in [1.54, 1.807) is 13.8 Å². The number of ether oxygens (including phenoxy) is 4. The van der Waals surface area contributed by atoms with E-state index in [1.165, 1.54) is 0 Å². The molecule has 16 heavy (non-hydrogen) atoms. The fraction of sp³-hybridized carbons (Fsp3) is 1.00. The Balaban J connectivity index is 2.02. The summed E-state index contributed by atoms with van der Waals surface area (Å²) in [6, 6.07) is 0. The molecule has 94 valence electrons. The van der Waals surface area contributed by atoms with Crippen molar-refractivity contribution < 1.29 is 29.2 Å². The first-order chi connectivity index (χ1) is 7.58. The molecule has 0 spiro atoms. The van der Waals surface area contributed by atoms with Gasteiger partial charge in [-0.05, 0) is 13.8 Å². The predicted molar refractivity (Wildman–Crippen MR) is 52.6 cm³/mol. The number of rotatable bonds is 1. The molecule has 6 nitrogen and oxygen atoms in total. The molecular weight excluding hydrogens is 216 g/mol. The van der Waals surface area contributed by atoms with Gasteiger partial charge in [-0.2, -0.15) is 0 Å². The molecule has 2 aliphatic rings. The second-order valence-electron chi connectivity index (χ2n) is 4.14. The minimum absolute atomic E-state index is 0.188. The van der Waals surface area contributed by atoms with Gasteiger partial charge in [-0.3, -0.25) is 0 Å². The molecule has 2 heterocycles. The van der Waals surface area contributed by atoms with Crippen molar-refractivity contribution in [2.75, 3.05) is 13.2 Å². The van der Waals surface area contributed by atoms with E-state index in [0.29, 0.717) is 0 Å². The van der Waals surface area contributed by atoms with Crippen molar-refractivity contribution in [3.05, 3.63) is 0 Å². The van der Waals surface area contributed by atoms with Crippen LogP contribution in [-0.2, 0) is 18.9 Å². The van der Waals surface area contributed by atoms with Crippen LogP contribution < -0.4 is 0 Å². The normalized spacial score (nSPS) is 50.2. The monoisotopic (exact) mass is 234 g/mol. The van der Waals surface area contributed by atoms with Crippen LogP contribution in [0.3, 0.4) is 0 Å². The standard InChI is InChI=1S/C10H18O6/c1-5-13-3-7(11)9(15-5)10-8(12)4-14-6(2)16-10/h5-12H,3-4H2,1-2H3. The summed E-state index contributed by atoms with van der Waals surface area (Å²) in [5.74, 6) is 0. The summed E-state index contributed by atoms with van der Waals surface area (Å²) in [6.45, 7) is 3.86. The summed E-state index contributed by atoms with van der Waals surface area (Å²) in [6.07, 6.45) is -3.54. The van der Waals surface area contributed by atoms with Gasteiger partial charge in [0.2, 0.25) is 0 Å². The molecule has 6 heteroatoms. The number of aliphatic hydroxyl groups excluding tert-OH is 2. The Morgan fingerprint density at radius 2 is 1.19 bits per heavy atom. The molecule has 0 aromatic carbocycles. The summed E-state index contributed by atoms with van der Waals surface area (Å²) in [5, 5.41) is 19.5. The maximum atomic E-state index is 9.76. The van der Waals surface area contributed by atoms with Crippen LogP contribution in [-0.4, -0.2) is 60.4 Å². The number of hydrogen-bond acceptors (Lipinski definition) is 6. The molecule has 6 unspecified atom stereocenters. The third-order valence-electron chi connectivity index (χ3n) is 2.78. The topological polar surface area (TPSA) is 77.4 Å². The first-order valence-electron chi connectivity index (χ1n) is 5.48. The highest BCUT2D eigenvalue weighted by atomic mass is 16.7. The number of aliphatic hydroxyl groups is 2. The second-order valence-corrected chi connectivity index (χ2v) is 4.14. The third-order valence-corrected chi connectivity index (χ3v) is 2.78. The minimum Gasteiger partial charge on any atom is -0.388 e. The van der Waals surface area contributed by atoms with Crippen LogP contribution >= 0.6 is 0 Å². The van der Waals surface area contributed by atoms with Gasteiger partial charge in [-0.25, -0.2) is 0 Å². The summed E-state index contributed by atoms with van der Waals surface area (Å²) in [7, 11) is 0. The molecular formula is C10H18O6. The van der Waals surface area contributed by atoms with E-state index in [9.17, 15) is 10.2 Å². The zero-order chi connectivity index (χ0) is 11.7. The first-order valence-corrected chi connectivity index (χ1v) is 5.48. The van der Waals surface area contributed by atoms with E-state index in [2.05, 4.69) is 0 Å². The van der Waals surface area contributed by atoms with Gasteiger partial charge in [0.05, 0.1) is 13.2 Å². The molecule has 0 aliphatic carbocycles. The summed E-state index contributed by atoms with van der Waals surface area (Å²) < 4.78 is 21.2. The molecule has 0 amide bonds. The molecule has 0 radical (unpaired) electrons. The zero-order valence-electron chi connectivity index (χ0n) is 9.41. The molecule has 0 aromatic heterocycles. The maximum Gasteiger partial charge on any atom is 0.155 e. The van der Waals surface area contributed by atoms with E-state index in [1.807, 2.05) is 0 Å². The highest BCUT2D eigenvalue weighted by Crippen LogP contribution is 2.24. The van der Waals surface area contributed by atoms with Gasteiger partial charge in [0.25, 0.3) is 0 Å². The lowest BCUT2D eigenvalue weighted by atomic mass is 10.0. The Morgan fingerprint density at radius 1 is 0.812 bits per heavy atom. The predicted octanol–water partition coefficient (Wildman–Crippen LogP) is -0.769. The van der Waals surface area contributed by atoms with E-state index in [-0.39, 0.29) is 13.2 Å². The van der Waals surface area contributed by atoms with Gasteiger partial charge in [-0.1, -0.05) is 0 Å². The quantitative estimate of drug-likeness (QED) is 0.620. The molecule has 2 aliphatic heterocycles. The van der Waals surface area contributed by atoms with E-state index >= 15 is 0 Å². The highest BCUT2D eigenvalue weighted by Gasteiger charge is 2.42. The van der Waals surface area contributed by atoms with Gasteiger partial charge < -0.3 is 29.2 Å². The van der Waals surface area contributed by atoms with Crippen molar-refractivity contribution in [2.45, 2.75) is 50.8 Å². The van der Waals surface area contributed by atoms with E-state index in [4.69, 9.17) is 18.9 Å². The van der Waals surface area contributed by atoms with Crippen molar-refractivity contribution >= 4 is 0 Å². The van der Waals surface area contributed by atoms with E-state index in [0.717, 1.165) is 0 Å². The smallest absolute Gasteiger partial charge is 0.155 e. The van der Waals surface area contributed by atoms with E-state index < -0.39 is 37.0 Å². The van der Waals surface area contributed by atoms with Crippen LogP contribution in [0.15, 0.2) is 0 Å². The van der Waals surface area contributed by atoms with Crippen molar-refractivity contribution in [3.8, 4) is 0 Å². The molecule has 2 saturated heterocycles. The molecule has 0 aromatic rings. The molecule has 2 rings (SSSR count). The zero-order valence-corrected chi connectivity index (χ0v) is 9.41. The van der Waals surface area contributed by atoms with Crippen molar-refractivity contribution in [1.29, 1.82) is 0 Å². The SMILES string of the molecule is CC1OCC(O)C(C2OC(C)OCC2O)O1. The van der Waals surface area contributed by atoms with Gasteiger partial charge in [0.1, 0.15) is 24.4 Å². The van der Waals surface area contributed by atoms with Gasteiger partial charge in [0.15, 0.2) is 12.6 Å². The molecule has 2 fully saturated rings. The number of hydrogen-bond donors (Lipinski definition) is 2. The molecule has 0 saturated carbocycles. The van der Waals surface area contributed by atoms with Crippen molar-refractivity contribution in [1.82, 2.24) is 0 Å². The summed E-state index contributed by atoms with van der Waals surface area (Å²) in [5.41, 5.74) is 0. The second kappa shape index (κ2) is 4.95. The minimum atomic E-state index is -0.791.